The lowest BCUT2D eigenvalue weighted by Gasteiger charge is -2.14. The normalized spacial score (nSPS) is 11.7. The molecule has 1 aromatic carbocycles. The van der Waals surface area contributed by atoms with E-state index < -0.39 is 46.6 Å². The van der Waals surface area contributed by atoms with E-state index in [1.54, 1.807) is 13.0 Å². The monoisotopic (exact) mass is 369 g/mol. The minimum atomic E-state index is -5.64. The molecule has 136 valence electrons. The van der Waals surface area contributed by atoms with Crippen LogP contribution in [0, 0.1) is 30.2 Å². The first-order chi connectivity index (χ1) is 11.5. The number of hydrogen-bond acceptors (Lipinski definition) is 2. The van der Waals surface area contributed by atoms with Gasteiger partial charge in [-0.2, -0.15) is 18.3 Å². The predicted molar refractivity (Wildman–Crippen MR) is 71.5 cm³/mol. The van der Waals surface area contributed by atoms with Gasteiger partial charge in [0.1, 0.15) is 11.3 Å². The van der Waals surface area contributed by atoms with Crippen molar-refractivity contribution in [3.8, 4) is 0 Å². The fourth-order valence-corrected chi connectivity index (χ4v) is 2.00. The van der Waals surface area contributed by atoms with Crippen molar-refractivity contribution in [3.63, 3.8) is 0 Å². The van der Waals surface area contributed by atoms with Crippen molar-refractivity contribution >= 4 is 11.6 Å². The number of carbonyl (C=O) groups excluding carboxylic acids is 1. The Morgan fingerprint density at radius 2 is 1.68 bits per heavy atom. The van der Waals surface area contributed by atoms with Crippen LogP contribution in [0.3, 0.4) is 0 Å². The molecule has 1 N–H and O–H groups in total. The first-order valence-electron chi connectivity index (χ1n) is 6.75. The van der Waals surface area contributed by atoms with Gasteiger partial charge in [0, 0.05) is 19.2 Å². The number of amides is 1. The Labute approximate surface area is 136 Å². The number of carbonyl (C=O) groups is 1. The Hall–Kier alpha value is -2.59. The largest absolute Gasteiger partial charge is 0.422 e. The molecular weight excluding hydrogens is 359 g/mol. The van der Waals surface area contributed by atoms with Crippen LogP contribution in [0.4, 0.5) is 36.4 Å². The number of anilines is 1. The lowest BCUT2D eigenvalue weighted by molar-refractivity contribution is -0.143. The molecule has 0 unspecified atom stereocenters. The van der Waals surface area contributed by atoms with Gasteiger partial charge in [0.25, 0.3) is 0 Å². The van der Waals surface area contributed by atoms with E-state index in [1.807, 2.05) is 0 Å². The van der Waals surface area contributed by atoms with Gasteiger partial charge in [-0.3, -0.25) is 9.48 Å². The molecular formula is C14H10F7N3O. The highest BCUT2D eigenvalue weighted by Crippen LogP contribution is 2.38. The molecule has 0 aliphatic rings. The van der Waals surface area contributed by atoms with Crippen molar-refractivity contribution in [1.29, 1.82) is 0 Å². The third-order valence-electron chi connectivity index (χ3n) is 3.15. The molecule has 25 heavy (non-hydrogen) atoms. The van der Waals surface area contributed by atoms with Crippen molar-refractivity contribution in [1.82, 2.24) is 9.78 Å². The van der Waals surface area contributed by atoms with Crippen molar-refractivity contribution in [2.75, 3.05) is 5.32 Å². The lowest BCUT2D eigenvalue weighted by Crippen LogP contribution is -2.21. The Morgan fingerprint density at radius 3 is 2.12 bits per heavy atom. The highest BCUT2D eigenvalue weighted by molar-refractivity contribution is 5.91. The van der Waals surface area contributed by atoms with Crippen LogP contribution in [0.1, 0.15) is 17.7 Å². The van der Waals surface area contributed by atoms with Gasteiger partial charge in [0.2, 0.25) is 5.91 Å². The zero-order chi connectivity index (χ0) is 18.9. The van der Waals surface area contributed by atoms with Gasteiger partial charge in [-0.15, -0.1) is 0 Å². The van der Waals surface area contributed by atoms with Crippen LogP contribution in [0.25, 0.3) is 0 Å². The standard InChI is InChI=1S/C14H10F7N3O/c1-6-2-4-24(23-6)5-3-7(25)22-13-11(17)9(15)8(14(19,20)21)10(16)12(13)18/h2,4H,3,5H2,1H3,(H,22,25). The van der Waals surface area contributed by atoms with Crippen LogP contribution in [0.5, 0.6) is 0 Å². The number of rotatable bonds is 4. The minimum Gasteiger partial charge on any atom is -0.321 e. The van der Waals surface area contributed by atoms with E-state index in [4.69, 9.17) is 0 Å². The Kier molecular flexibility index (Phi) is 5.04. The summed E-state index contributed by atoms with van der Waals surface area (Å²) in [4.78, 5) is 11.6. The highest BCUT2D eigenvalue weighted by atomic mass is 19.4. The second-order valence-corrected chi connectivity index (χ2v) is 5.02. The number of aromatic nitrogens is 2. The number of alkyl halides is 3. The van der Waals surface area contributed by atoms with E-state index in [-0.39, 0.29) is 13.0 Å². The molecule has 0 saturated heterocycles. The summed E-state index contributed by atoms with van der Waals surface area (Å²) in [6.07, 6.45) is -4.51. The summed E-state index contributed by atoms with van der Waals surface area (Å²) in [5.41, 5.74) is -3.68. The molecule has 0 saturated carbocycles. The average molecular weight is 369 g/mol. The topological polar surface area (TPSA) is 46.9 Å². The molecule has 0 atom stereocenters. The van der Waals surface area contributed by atoms with Crippen LogP contribution in [0.2, 0.25) is 0 Å². The van der Waals surface area contributed by atoms with Gasteiger partial charge < -0.3 is 5.32 Å². The van der Waals surface area contributed by atoms with Crippen LogP contribution in [0.15, 0.2) is 12.3 Å². The van der Waals surface area contributed by atoms with Gasteiger partial charge in [-0.1, -0.05) is 0 Å². The summed E-state index contributed by atoms with van der Waals surface area (Å²) in [7, 11) is 0. The van der Waals surface area contributed by atoms with Crippen molar-refractivity contribution in [2.24, 2.45) is 0 Å². The summed E-state index contributed by atoms with van der Waals surface area (Å²) in [5, 5.41) is 5.47. The van der Waals surface area contributed by atoms with Gasteiger partial charge in [-0.25, -0.2) is 17.6 Å². The van der Waals surface area contributed by atoms with Crippen LogP contribution < -0.4 is 5.32 Å². The number of hydrogen-bond donors (Lipinski definition) is 1. The molecule has 2 aromatic rings. The van der Waals surface area contributed by atoms with Gasteiger partial charge >= 0.3 is 6.18 Å². The lowest BCUT2D eigenvalue weighted by atomic mass is 10.1. The summed E-state index contributed by atoms with van der Waals surface area (Å²) >= 11 is 0. The second-order valence-electron chi connectivity index (χ2n) is 5.02. The third-order valence-corrected chi connectivity index (χ3v) is 3.15. The Balaban J connectivity index is 2.23. The Morgan fingerprint density at radius 1 is 1.12 bits per heavy atom. The number of nitrogens with one attached hydrogen (secondary N) is 1. The van der Waals surface area contributed by atoms with Gasteiger partial charge in [0.15, 0.2) is 23.3 Å². The third kappa shape index (κ3) is 3.91. The molecule has 0 aliphatic heterocycles. The molecule has 0 bridgehead atoms. The number of halogens is 7. The van der Waals surface area contributed by atoms with E-state index in [9.17, 15) is 35.5 Å². The van der Waals surface area contributed by atoms with Crippen LogP contribution in [-0.2, 0) is 17.5 Å². The first kappa shape index (κ1) is 18.7. The molecule has 0 aliphatic carbocycles. The highest BCUT2D eigenvalue weighted by Gasteiger charge is 2.42. The number of benzene rings is 1. The number of nitrogens with zero attached hydrogens (tertiary/aromatic N) is 2. The summed E-state index contributed by atoms with van der Waals surface area (Å²) in [5.74, 6) is -11.0. The first-order valence-corrected chi connectivity index (χ1v) is 6.75. The summed E-state index contributed by atoms with van der Waals surface area (Å²) in [6, 6.07) is 1.62. The molecule has 0 fully saturated rings. The zero-order valence-corrected chi connectivity index (χ0v) is 12.5. The Bertz CT molecular complexity index is 784. The smallest absolute Gasteiger partial charge is 0.321 e. The quantitative estimate of drug-likeness (QED) is 0.658. The summed E-state index contributed by atoms with van der Waals surface area (Å²) < 4.78 is 92.9. The predicted octanol–water partition coefficient (Wildman–Crippen LogP) is 3.80. The molecule has 1 heterocycles. The van der Waals surface area contributed by atoms with Crippen molar-refractivity contribution in [3.05, 3.63) is 46.8 Å². The number of aryl methyl sites for hydroxylation is 2. The molecule has 0 radical (unpaired) electrons. The minimum absolute atomic E-state index is 0.0193. The molecule has 1 aromatic heterocycles. The molecule has 11 heteroatoms. The average Bonchev–Trinajstić information content (AvgIpc) is 2.92. The van der Waals surface area contributed by atoms with Crippen LogP contribution in [-0.4, -0.2) is 15.7 Å². The van der Waals surface area contributed by atoms with E-state index in [0.717, 1.165) is 0 Å². The molecule has 0 spiro atoms. The SMILES string of the molecule is Cc1ccn(CCC(=O)Nc2c(F)c(F)c(C(F)(F)F)c(F)c2F)n1. The fourth-order valence-electron chi connectivity index (χ4n) is 2.00. The fraction of sp³-hybridized carbons (Fsp3) is 0.286. The maximum absolute atomic E-state index is 13.6. The molecule has 4 nitrogen and oxygen atoms in total. The van der Waals surface area contributed by atoms with E-state index in [1.165, 1.54) is 16.2 Å². The van der Waals surface area contributed by atoms with Crippen molar-refractivity contribution in [2.45, 2.75) is 26.1 Å². The van der Waals surface area contributed by atoms with Gasteiger partial charge in [-0.05, 0) is 13.0 Å². The maximum Gasteiger partial charge on any atom is 0.422 e. The van der Waals surface area contributed by atoms with Crippen LogP contribution >= 0.6 is 0 Å². The van der Waals surface area contributed by atoms with E-state index in [2.05, 4.69) is 5.10 Å². The van der Waals surface area contributed by atoms with Gasteiger partial charge in [0.05, 0.1) is 5.69 Å². The molecule has 2 rings (SSSR count). The maximum atomic E-state index is 13.6. The molecule has 1 amide bonds. The van der Waals surface area contributed by atoms with E-state index in [0.29, 0.717) is 5.69 Å². The zero-order valence-electron chi connectivity index (χ0n) is 12.5. The van der Waals surface area contributed by atoms with E-state index >= 15 is 0 Å². The summed E-state index contributed by atoms with van der Waals surface area (Å²) in [6.45, 7) is 1.66. The van der Waals surface area contributed by atoms with Crippen molar-refractivity contribution < 1.29 is 35.5 Å². The second kappa shape index (κ2) is 6.73.